The fourth-order valence-electron chi connectivity index (χ4n) is 5.30. The summed E-state index contributed by atoms with van der Waals surface area (Å²) >= 11 is 0. The van der Waals surface area contributed by atoms with Crippen LogP contribution in [-0.4, -0.2) is 69.0 Å². The molecule has 0 aliphatic rings. The lowest BCUT2D eigenvalue weighted by Gasteiger charge is -2.24. The number of ether oxygens (including phenoxy) is 2. The molecule has 0 fully saturated rings. The number of hydrogen-bond acceptors (Lipinski definition) is 6. The van der Waals surface area contributed by atoms with Crippen molar-refractivity contribution in [1.29, 1.82) is 0 Å². The van der Waals surface area contributed by atoms with Gasteiger partial charge >= 0.3 is 13.8 Å². The van der Waals surface area contributed by atoms with Crippen LogP contribution in [0.2, 0.25) is 0 Å². The average molecular weight is 817 g/mol. The summed E-state index contributed by atoms with van der Waals surface area (Å²) in [6, 6.07) is 0. The van der Waals surface area contributed by atoms with E-state index in [9.17, 15) is 14.3 Å². The molecule has 2 atom stereocenters. The van der Waals surface area contributed by atoms with E-state index in [0.717, 1.165) is 51.4 Å². The van der Waals surface area contributed by atoms with E-state index in [1.807, 2.05) is 39.4 Å². The van der Waals surface area contributed by atoms with Gasteiger partial charge in [0, 0.05) is 6.42 Å². The molecule has 1 N–H and O–H groups in total. The Morgan fingerprint density at radius 2 is 1.04 bits per heavy atom. The first-order valence-electron chi connectivity index (χ1n) is 22.0. The first-order chi connectivity index (χ1) is 27.6. The number of likely N-dealkylation sites (N-methyl/N-ethyl adjacent to an activating group) is 1. The number of nitrogens with zero attached hydrogens (tertiary/aromatic N) is 1. The van der Waals surface area contributed by atoms with Gasteiger partial charge in [0.2, 0.25) is 0 Å². The summed E-state index contributed by atoms with van der Waals surface area (Å²) in [5.74, 6) is -0.423. The van der Waals surface area contributed by atoms with Gasteiger partial charge in [0.25, 0.3) is 0 Å². The molecule has 0 aromatic carbocycles. The molecule has 1 unspecified atom stereocenters. The molecular formula is C48H83NO7P+. The van der Waals surface area contributed by atoms with Crippen LogP contribution in [0.3, 0.4) is 0 Å². The fourth-order valence-corrected chi connectivity index (χ4v) is 6.04. The molecule has 0 bridgehead atoms. The molecule has 9 heteroatoms. The van der Waals surface area contributed by atoms with Crippen LogP contribution in [-0.2, 0) is 27.9 Å². The Labute approximate surface area is 349 Å². The van der Waals surface area contributed by atoms with Crippen LogP contribution in [0.4, 0.5) is 0 Å². The number of phosphoric ester groups is 1. The maximum absolute atomic E-state index is 12.6. The second-order valence-corrected chi connectivity index (χ2v) is 16.9. The third-order valence-electron chi connectivity index (χ3n) is 8.71. The van der Waals surface area contributed by atoms with E-state index in [-0.39, 0.29) is 26.2 Å². The lowest BCUT2D eigenvalue weighted by molar-refractivity contribution is -0.870. The minimum absolute atomic E-state index is 0.00815. The van der Waals surface area contributed by atoms with E-state index in [1.54, 1.807) is 6.26 Å². The van der Waals surface area contributed by atoms with Crippen LogP contribution < -0.4 is 0 Å². The summed E-state index contributed by atoms with van der Waals surface area (Å²) in [7, 11) is 1.57. The normalized spacial score (nSPS) is 14.6. The second-order valence-electron chi connectivity index (χ2n) is 15.4. The van der Waals surface area contributed by atoms with Crippen LogP contribution in [0.5, 0.6) is 0 Å². The minimum atomic E-state index is -4.32. The third-order valence-corrected chi connectivity index (χ3v) is 9.69. The molecule has 8 nitrogen and oxygen atoms in total. The standard InChI is InChI=1S/C48H82NO7P/c1-6-8-10-12-14-16-18-20-22-24-25-26-27-29-31-33-35-37-39-41-48(50)56-47(46-55-57(51,52)54-44-42-49(3,4)5)45-53-43-40-38-36-34-32-30-28-23-21-19-17-15-13-11-9-7-2/h8,10,14,16-17,19-20,22,25-26,29,31,35,37,40,43,47H,6-7,9,11-13,15,18,21,23-24,27-28,30,32-34,36,38-39,41-42,44-46H2,1-5H3/p+1/b10-8-,16-14-,19-17-,22-20-,26-25-,31-29-,37-35-,43-40-/t47-/m1/s1. The number of phosphoric acid groups is 1. The first-order valence-corrected chi connectivity index (χ1v) is 23.5. The number of esters is 1. The van der Waals surface area contributed by atoms with Crippen molar-refractivity contribution in [2.24, 2.45) is 0 Å². The summed E-state index contributed by atoms with van der Waals surface area (Å²) < 4.78 is 34.6. The summed E-state index contributed by atoms with van der Waals surface area (Å²) in [5.41, 5.74) is 0. The van der Waals surface area contributed by atoms with Crippen molar-refractivity contribution in [2.75, 3.05) is 47.5 Å². The third kappa shape index (κ3) is 44.2. The maximum Gasteiger partial charge on any atom is 0.472 e. The van der Waals surface area contributed by atoms with Gasteiger partial charge in [-0.15, -0.1) is 0 Å². The van der Waals surface area contributed by atoms with Gasteiger partial charge in [-0.2, -0.15) is 0 Å². The molecular weight excluding hydrogens is 734 g/mol. The molecule has 57 heavy (non-hydrogen) atoms. The van der Waals surface area contributed by atoms with Gasteiger partial charge in [-0.3, -0.25) is 13.8 Å². The highest BCUT2D eigenvalue weighted by Crippen LogP contribution is 2.43. The number of allylic oxidation sites excluding steroid dienone is 15. The number of hydrogen-bond donors (Lipinski definition) is 1. The van der Waals surface area contributed by atoms with Crippen molar-refractivity contribution in [3.05, 3.63) is 97.4 Å². The molecule has 0 aromatic heterocycles. The fraction of sp³-hybridized carbons (Fsp3) is 0.646. The monoisotopic (exact) mass is 817 g/mol. The van der Waals surface area contributed by atoms with Gasteiger partial charge in [0.1, 0.15) is 19.8 Å². The van der Waals surface area contributed by atoms with Gasteiger partial charge in [-0.1, -0.05) is 144 Å². The van der Waals surface area contributed by atoms with Crippen LogP contribution in [0, 0.1) is 0 Å². The van der Waals surface area contributed by atoms with Crippen molar-refractivity contribution in [3.8, 4) is 0 Å². The van der Waals surface area contributed by atoms with E-state index < -0.39 is 19.9 Å². The zero-order valence-corrected chi connectivity index (χ0v) is 37.7. The Balaban J connectivity index is 4.46. The summed E-state index contributed by atoms with van der Waals surface area (Å²) in [5, 5.41) is 0. The van der Waals surface area contributed by atoms with E-state index >= 15 is 0 Å². The van der Waals surface area contributed by atoms with E-state index in [2.05, 4.69) is 86.8 Å². The van der Waals surface area contributed by atoms with Crippen LogP contribution in [0.1, 0.15) is 149 Å². The van der Waals surface area contributed by atoms with E-state index in [0.29, 0.717) is 17.4 Å². The summed E-state index contributed by atoms with van der Waals surface area (Å²) in [6.45, 7) is 4.68. The zero-order valence-electron chi connectivity index (χ0n) is 36.8. The molecule has 326 valence electrons. The first kappa shape index (κ1) is 54.3. The Morgan fingerprint density at radius 3 is 1.54 bits per heavy atom. The van der Waals surface area contributed by atoms with Crippen molar-refractivity contribution in [1.82, 2.24) is 0 Å². The summed E-state index contributed by atoms with van der Waals surface area (Å²) in [6.07, 6.45) is 55.5. The average Bonchev–Trinajstić information content (AvgIpc) is 3.16. The molecule has 0 amide bonds. The van der Waals surface area contributed by atoms with E-state index in [4.69, 9.17) is 18.5 Å². The highest BCUT2D eigenvalue weighted by molar-refractivity contribution is 7.47. The SMILES string of the molecule is CC/C=C\C/C=C\C/C=C\C/C=C\C/C=C\C/C=C\CCC(=O)O[C@H](CO/C=C\CCCCCCCC/C=C\CCCCCC)COP(=O)(O)OCC[N+](C)(C)C. The van der Waals surface area contributed by atoms with Crippen LogP contribution >= 0.6 is 7.82 Å². The highest BCUT2D eigenvalue weighted by atomic mass is 31.2. The molecule has 0 rings (SSSR count). The van der Waals surface area contributed by atoms with Gasteiger partial charge in [0.15, 0.2) is 6.10 Å². The predicted octanol–water partition coefficient (Wildman–Crippen LogP) is 13.4. The lowest BCUT2D eigenvalue weighted by atomic mass is 10.1. The number of carbonyl (C=O) groups is 1. The van der Waals surface area contributed by atoms with Crippen molar-refractivity contribution < 1.29 is 37.3 Å². The molecule has 0 radical (unpaired) electrons. The van der Waals surface area contributed by atoms with Gasteiger partial charge in [-0.25, -0.2) is 4.57 Å². The smallest absolute Gasteiger partial charge is 0.472 e. The van der Waals surface area contributed by atoms with Crippen LogP contribution in [0.15, 0.2) is 97.4 Å². The molecule has 0 aliphatic carbocycles. The Morgan fingerprint density at radius 1 is 0.579 bits per heavy atom. The van der Waals surface area contributed by atoms with E-state index in [1.165, 1.54) is 70.6 Å². The van der Waals surface area contributed by atoms with Gasteiger partial charge < -0.3 is 18.9 Å². The molecule has 0 heterocycles. The number of rotatable bonds is 39. The van der Waals surface area contributed by atoms with Crippen molar-refractivity contribution in [3.63, 3.8) is 0 Å². The molecule has 0 aliphatic heterocycles. The van der Waals surface area contributed by atoms with Gasteiger partial charge in [0.05, 0.1) is 34.0 Å². The highest BCUT2D eigenvalue weighted by Gasteiger charge is 2.26. The van der Waals surface area contributed by atoms with Crippen molar-refractivity contribution >= 4 is 13.8 Å². The topological polar surface area (TPSA) is 91.3 Å². The number of unbranched alkanes of at least 4 members (excludes halogenated alkanes) is 11. The summed E-state index contributed by atoms with van der Waals surface area (Å²) in [4.78, 5) is 22.8. The Bertz CT molecular complexity index is 1230. The van der Waals surface area contributed by atoms with Gasteiger partial charge in [-0.05, 0) is 89.5 Å². The Hall–Kier alpha value is -2.74. The predicted molar refractivity (Wildman–Crippen MR) is 242 cm³/mol. The number of quaternary nitrogens is 1. The quantitative estimate of drug-likeness (QED) is 0.0165. The molecule has 0 aromatic rings. The second kappa shape index (κ2) is 40.1. The molecule has 0 spiro atoms. The molecule has 0 saturated heterocycles. The lowest BCUT2D eigenvalue weighted by Crippen LogP contribution is -2.37. The largest absolute Gasteiger partial charge is 0.498 e. The maximum atomic E-state index is 12.6. The minimum Gasteiger partial charge on any atom is -0.498 e. The van der Waals surface area contributed by atoms with Crippen LogP contribution in [0.25, 0.3) is 0 Å². The number of carbonyl (C=O) groups excluding carboxylic acids is 1. The van der Waals surface area contributed by atoms with Crippen molar-refractivity contribution in [2.45, 2.75) is 155 Å². The molecule has 0 saturated carbocycles. The Kier molecular flexibility index (Phi) is 38.1. The zero-order chi connectivity index (χ0) is 42.0.